The zero-order valence-electron chi connectivity index (χ0n) is 12.0. The molecule has 2 aromatic rings. The Bertz CT molecular complexity index is 732. The summed E-state index contributed by atoms with van der Waals surface area (Å²) in [6, 6.07) is 6.56. The topological polar surface area (TPSA) is 94.7 Å². The van der Waals surface area contributed by atoms with Gasteiger partial charge in [0, 0.05) is 11.6 Å². The summed E-state index contributed by atoms with van der Waals surface area (Å²) in [5.74, 6) is -2.75. The molecule has 1 fully saturated rings. The summed E-state index contributed by atoms with van der Waals surface area (Å²) < 4.78 is 37.4. The van der Waals surface area contributed by atoms with Crippen LogP contribution < -0.4 is 16.2 Å². The quantitative estimate of drug-likeness (QED) is 0.670. The first-order chi connectivity index (χ1) is 11.3. The molecule has 128 valence electrons. The summed E-state index contributed by atoms with van der Waals surface area (Å²) in [5, 5.41) is 7.95. The molecule has 7 nitrogen and oxygen atoms in total. The number of hydrogen-bond donors (Lipinski definition) is 4. The smallest absolute Gasteiger partial charge is 0.293 e. The van der Waals surface area contributed by atoms with Crippen LogP contribution in [-0.2, 0) is 11.0 Å². The zero-order chi connectivity index (χ0) is 17.3. The van der Waals surface area contributed by atoms with Crippen molar-refractivity contribution in [2.45, 2.75) is 12.2 Å². The molecule has 1 aliphatic rings. The molecule has 1 saturated heterocycles. The lowest BCUT2D eigenvalue weighted by Gasteiger charge is -2.17. The van der Waals surface area contributed by atoms with E-state index in [2.05, 4.69) is 26.3 Å². The SMILES string of the molecule is O=C(Nc1n[nH]c(C(F)(F)F)n1)C1CNNC1c1ccc(Cl)cc1. The number of benzene rings is 1. The molecule has 0 aliphatic carbocycles. The third-order valence-corrected chi connectivity index (χ3v) is 3.79. The first kappa shape index (κ1) is 16.7. The molecular formula is C13H12ClF3N6O. The number of nitrogens with one attached hydrogen (secondary N) is 4. The van der Waals surface area contributed by atoms with E-state index in [1.54, 1.807) is 29.4 Å². The number of H-pyrrole nitrogens is 1. The van der Waals surface area contributed by atoms with Gasteiger partial charge in [-0.05, 0) is 17.7 Å². The van der Waals surface area contributed by atoms with Crippen molar-refractivity contribution in [2.75, 3.05) is 11.9 Å². The minimum absolute atomic E-state index is 0.301. The molecule has 2 heterocycles. The number of hydrazine groups is 1. The van der Waals surface area contributed by atoms with Crippen molar-refractivity contribution in [3.05, 3.63) is 40.7 Å². The Morgan fingerprint density at radius 2 is 2.00 bits per heavy atom. The Morgan fingerprint density at radius 1 is 1.29 bits per heavy atom. The molecule has 3 rings (SSSR count). The number of amides is 1. The lowest BCUT2D eigenvalue weighted by atomic mass is 9.94. The second kappa shape index (κ2) is 6.38. The van der Waals surface area contributed by atoms with E-state index in [1.165, 1.54) is 0 Å². The van der Waals surface area contributed by atoms with Crippen molar-refractivity contribution in [3.63, 3.8) is 0 Å². The monoisotopic (exact) mass is 360 g/mol. The van der Waals surface area contributed by atoms with Crippen LogP contribution in [0.1, 0.15) is 17.4 Å². The van der Waals surface area contributed by atoms with E-state index < -0.39 is 29.8 Å². The minimum atomic E-state index is -4.65. The molecule has 0 radical (unpaired) electrons. The third-order valence-electron chi connectivity index (χ3n) is 3.54. The predicted molar refractivity (Wildman–Crippen MR) is 78.8 cm³/mol. The van der Waals surface area contributed by atoms with Gasteiger partial charge in [-0.25, -0.2) is 5.43 Å². The highest BCUT2D eigenvalue weighted by Gasteiger charge is 2.37. The molecule has 1 amide bonds. The molecule has 2 unspecified atom stereocenters. The number of hydrogen-bond acceptors (Lipinski definition) is 5. The molecule has 0 bridgehead atoms. The van der Waals surface area contributed by atoms with E-state index in [0.29, 0.717) is 11.6 Å². The van der Waals surface area contributed by atoms with Crippen molar-refractivity contribution < 1.29 is 18.0 Å². The van der Waals surface area contributed by atoms with Crippen molar-refractivity contribution in [2.24, 2.45) is 5.92 Å². The molecular weight excluding hydrogens is 349 g/mol. The molecule has 0 spiro atoms. The number of carbonyl (C=O) groups is 1. The summed E-state index contributed by atoms with van der Waals surface area (Å²) in [7, 11) is 0. The van der Waals surface area contributed by atoms with Gasteiger partial charge < -0.3 is 0 Å². The number of anilines is 1. The van der Waals surface area contributed by atoms with Crippen LogP contribution in [0.25, 0.3) is 0 Å². The molecule has 1 aliphatic heterocycles. The van der Waals surface area contributed by atoms with Crippen molar-refractivity contribution >= 4 is 23.5 Å². The first-order valence-electron chi connectivity index (χ1n) is 6.89. The van der Waals surface area contributed by atoms with Gasteiger partial charge in [0.15, 0.2) is 0 Å². The van der Waals surface area contributed by atoms with Gasteiger partial charge in [-0.2, -0.15) is 18.2 Å². The normalized spacial score (nSPS) is 21.0. The number of carbonyl (C=O) groups excluding carboxylic acids is 1. The number of aromatic nitrogens is 3. The fourth-order valence-electron chi connectivity index (χ4n) is 2.37. The van der Waals surface area contributed by atoms with E-state index in [9.17, 15) is 18.0 Å². The Morgan fingerprint density at radius 3 is 2.62 bits per heavy atom. The molecule has 4 N–H and O–H groups in total. The first-order valence-corrected chi connectivity index (χ1v) is 7.26. The van der Waals surface area contributed by atoms with Gasteiger partial charge in [-0.1, -0.05) is 23.7 Å². The highest BCUT2D eigenvalue weighted by molar-refractivity contribution is 6.30. The fraction of sp³-hybridized carbons (Fsp3) is 0.308. The van der Waals surface area contributed by atoms with Crippen LogP contribution in [0.15, 0.2) is 24.3 Å². The lowest BCUT2D eigenvalue weighted by molar-refractivity contribution is -0.144. The second-order valence-corrected chi connectivity index (χ2v) is 5.59. The van der Waals surface area contributed by atoms with Gasteiger partial charge in [0.1, 0.15) is 0 Å². The van der Waals surface area contributed by atoms with Crippen LogP contribution in [0, 0.1) is 5.92 Å². The van der Waals surface area contributed by atoms with Gasteiger partial charge in [0.25, 0.3) is 0 Å². The number of halogens is 4. The number of nitrogens with zero attached hydrogens (tertiary/aromatic N) is 2. The van der Waals surface area contributed by atoms with Crippen LogP contribution in [0.5, 0.6) is 0 Å². The lowest BCUT2D eigenvalue weighted by Crippen LogP contribution is -2.30. The van der Waals surface area contributed by atoms with Crippen LogP contribution in [-0.4, -0.2) is 27.6 Å². The molecule has 1 aromatic carbocycles. The molecule has 0 saturated carbocycles. The summed E-state index contributed by atoms with van der Waals surface area (Å²) in [4.78, 5) is 15.6. The standard InChI is InChI=1S/C13H12ClF3N6O/c14-7-3-1-6(2-4-7)9-8(5-18-21-9)10(24)19-12-20-11(22-23-12)13(15,16)17/h1-4,8-9,18,21H,5H2,(H2,19,20,22,23,24). The summed E-state index contributed by atoms with van der Waals surface area (Å²) in [6.07, 6.45) is -4.65. The van der Waals surface area contributed by atoms with Crippen molar-refractivity contribution in [1.82, 2.24) is 26.0 Å². The Balaban J connectivity index is 1.72. The van der Waals surface area contributed by atoms with Crippen LogP contribution in [0.4, 0.5) is 19.1 Å². The summed E-state index contributed by atoms with van der Waals surface area (Å²) >= 11 is 5.84. The van der Waals surface area contributed by atoms with Gasteiger partial charge in [-0.15, -0.1) is 5.10 Å². The van der Waals surface area contributed by atoms with Gasteiger partial charge in [-0.3, -0.25) is 20.6 Å². The minimum Gasteiger partial charge on any atom is -0.293 e. The summed E-state index contributed by atoms with van der Waals surface area (Å²) in [5.41, 5.74) is 6.63. The van der Waals surface area contributed by atoms with Crippen LogP contribution in [0.2, 0.25) is 5.02 Å². The van der Waals surface area contributed by atoms with Gasteiger partial charge >= 0.3 is 6.18 Å². The van der Waals surface area contributed by atoms with Gasteiger partial charge in [0.05, 0.1) is 12.0 Å². The summed E-state index contributed by atoms with van der Waals surface area (Å²) in [6.45, 7) is 0.301. The molecule has 2 atom stereocenters. The second-order valence-electron chi connectivity index (χ2n) is 5.16. The fourth-order valence-corrected chi connectivity index (χ4v) is 2.50. The third kappa shape index (κ3) is 3.50. The number of alkyl halides is 3. The molecule has 24 heavy (non-hydrogen) atoms. The van der Waals surface area contributed by atoms with Crippen molar-refractivity contribution in [1.29, 1.82) is 0 Å². The highest BCUT2D eigenvalue weighted by Crippen LogP contribution is 2.28. The van der Waals surface area contributed by atoms with E-state index in [0.717, 1.165) is 5.56 Å². The molecule has 1 aromatic heterocycles. The largest absolute Gasteiger partial charge is 0.451 e. The van der Waals surface area contributed by atoms with E-state index in [-0.39, 0.29) is 6.04 Å². The number of rotatable bonds is 3. The molecule has 11 heteroatoms. The maximum absolute atomic E-state index is 12.5. The maximum atomic E-state index is 12.5. The van der Waals surface area contributed by atoms with Gasteiger partial charge in [0.2, 0.25) is 17.7 Å². The van der Waals surface area contributed by atoms with E-state index in [4.69, 9.17) is 11.6 Å². The zero-order valence-corrected chi connectivity index (χ0v) is 12.7. The van der Waals surface area contributed by atoms with E-state index in [1.807, 2.05) is 0 Å². The van der Waals surface area contributed by atoms with Crippen LogP contribution >= 0.6 is 11.6 Å². The number of aromatic amines is 1. The Labute approximate surface area is 139 Å². The average Bonchev–Trinajstić information content (AvgIpc) is 3.16. The highest BCUT2D eigenvalue weighted by atomic mass is 35.5. The Kier molecular flexibility index (Phi) is 4.43. The Hall–Kier alpha value is -2.17. The van der Waals surface area contributed by atoms with Crippen molar-refractivity contribution in [3.8, 4) is 0 Å². The van der Waals surface area contributed by atoms with E-state index >= 15 is 0 Å². The van der Waals surface area contributed by atoms with Crippen LogP contribution in [0.3, 0.4) is 0 Å². The predicted octanol–water partition coefficient (Wildman–Crippen LogP) is 1.88. The average molecular weight is 361 g/mol. The maximum Gasteiger partial charge on any atom is 0.451 e.